The summed E-state index contributed by atoms with van der Waals surface area (Å²) in [4.78, 5) is 11.0. The van der Waals surface area contributed by atoms with Gasteiger partial charge in [-0.25, -0.2) is 4.98 Å². The zero-order valence-corrected chi connectivity index (χ0v) is 17.9. The number of aromatic nitrogens is 1. The zero-order valence-electron chi connectivity index (χ0n) is 17.1. The molecule has 0 aliphatic carbocycles. The van der Waals surface area contributed by atoms with E-state index in [2.05, 4.69) is 25.5 Å². The number of pyridine rings is 1. The van der Waals surface area contributed by atoms with E-state index in [-0.39, 0.29) is 6.04 Å². The van der Waals surface area contributed by atoms with Crippen LogP contribution in [-0.2, 0) is 6.54 Å². The van der Waals surface area contributed by atoms with Gasteiger partial charge in [-0.2, -0.15) is 0 Å². The van der Waals surface area contributed by atoms with Gasteiger partial charge >= 0.3 is 0 Å². The number of hydrogen-bond donors (Lipinski definition) is 2. The second kappa shape index (κ2) is 10.2. The fraction of sp³-hybridized carbons (Fsp3) is 0.429. The second-order valence-electron chi connectivity index (χ2n) is 6.73. The fourth-order valence-corrected chi connectivity index (χ4v) is 3.59. The van der Waals surface area contributed by atoms with Crippen molar-refractivity contribution >= 4 is 23.4 Å². The van der Waals surface area contributed by atoms with Gasteiger partial charge in [-0.1, -0.05) is 17.7 Å². The summed E-state index contributed by atoms with van der Waals surface area (Å²) >= 11 is 6.28. The van der Waals surface area contributed by atoms with Crippen LogP contribution in [0.2, 0.25) is 5.02 Å². The Morgan fingerprint density at radius 1 is 1.34 bits per heavy atom. The van der Waals surface area contributed by atoms with E-state index in [0.717, 1.165) is 48.4 Å². The third-order valence-electron chi connectivity index (χ3n) is 4.78. The summed E-state index contributed by atoms with van der Waals surface area (Å²) in [7, 11) is 3.42. The molecule has 1 aliphatic rings. The molecule has 156 valence electrons. The molecule has 0 spiro atoms. The Kier molecular flexibility index (Phi) is 7.41. The molecule has 1 aromatic carbocycles. The lowest BCUT2D eigenvalue weighted by Gasteiger charge is -2.20. The molecule has 0 saturated carbocycles. The summed E-state index contributed by atoms with van der Waals surface area (Å²) in [5, 5.41) is 7.53. The average molecular weight is 418 g/mol. The first-order valence-electron chi connectivity index (χ1n) is 9.77. The SMILES string of the molecule is CCOc1ccc(CNC(=NC)NC2CCN(c3ncccc3Cl)C2)cc1OC. The molecule has 2 N–H and O–H groups in total. The van der Waals surface area contributed by atoms with E-state index >= 15 is 0 Å². The van der Waals surface area contributed by atoms with Crippen molar-refractivity contribution in [3.63, 3.8) is 0 Å². The molecule has 0 radical (unpaired) electrons. The molecule has 7 nitrogen and oxygen atoms in total. The van der Waals surface area contributed by atoms with Crippen molar-refractivity contribution in [3.05, 3.63) is 47.1 Å². The molecule has 0 bridgehead atoms. The monoisotopic (exact) mass is 417 g/mol. The van der Waals surface area contributed by atoms with E-state index in [0.29, 0.717) is 18.2 Å². The highest BCUT2D eigenvalue weighted by Gasteiger charge is 2.25. The molecule has 1 unspecified atom stereocenters. The predicted molar refractivity (Wildman–Crippen MR) is 117 cm³/mol. The summed E-state index contributed by atoms with van der Waals surface area (Å²) in [6.45, 7) is 4.92. The molecular formula is C21H28ClN5O2. The number of methoxy groups -OCH3 is 1. The topological polar surface area (TPSA) is 71.0 Å². The number of aliphatic imine (C=N–C) groups is 1. The first-order valence-corrected chi connectivity index (χ1v) is 10.1. The number of benzene rings is 1. The largest absolute Gasteiger partial charge is 0.493 e. The quantitative estimate of drug-likeness (QED) is 0.533. The van der Waals surface area contributed by atoms with Gasteiger partial charge in [0.2, 0.25) is 0 Å². The molecule has 1 atom stereocenters. The lowest BCUT2D eigenvalue weighted by atomic mass is 10.2. The third kappa shape index (κ3) is 5.44. The Morgan fingerprint density at radius 3 is 2.93 bits per heavy atom. The van der Waals surface area contributed by atoms with E-state index < -0.39 is 0 Å². The Balaban J connectivity index is 1.54. The first-order chi connectivity index (χ1) is 14.1. The summed E-state index contributed by atoms with van der Waals surface area (Å²) in [6.07, 6.45) is 2.76. The number of ether oxygens (including phenoxy) is 2. The number of nitrogens with zero attached hydrogens (tertiary/aromatic N) is 3. The lowest BCUT2D eigenvalue weighted by molar-refractivity contribution is 0.310. The zero-order chi connectivity index (χ0) is 20.6. The smallest absolute Gasteiger partial charge is 0.191 e. The first kappa shape index (κ1) is 21.0. The van der Waals surface area contributed by atoms with Gasteiger partial charge in [0.1, 0.15) is 5.82 Å². The van der Waals surface area contributed by atoms with Crippen LogP contribution in [-0.4, -0.2) is 50.8 Å². The summed E-state index contributed by atoms with van der Waals surface area (Å²) in [6, 6.07) is 9.92. The Labute approximate surface area is 177 Å². The number of guanidine groups is 1. The molecule has 1 saturated heterocycles. The van der Waals surface area contributed by atoms with E-state index in [1.54, 1.807) is 20.4 Å². The van der Waals surface area contributed by atoms with Crippen molar-refractivity contribution in [3.8, 4) is 11.5 Å². The normalized spacial score (nSPS) is 16.6. The van der Waals surface area contributed by atoms with E-state index in [1.807, 2.05) is 37.3 Å². The molecule has 8 heteroatoms. The number of rotatable bonds is 7. The van der Waals surface area contributed by atoms with Crippen LogP contribution in [0.25, 0.3) is 0 Å². The van der Waals surface area contributed by atoms with Crippen LogP contribution in [0, 0.1) is 0 Å². The number of anilines is 1. The molecular weight excluding hydrogens is 390 g/mol. The molecule has 2 aromatic rings. The van der Waals surface area contributed by atoms with Crippen LogP contribution in [0.5, 0.6) is 11.5 Å². The maximum Gasteiger partial charge on any atom is 0.191 e. The predicted octanol–water partition coefficient (Wildman–Crippen LogP) is 3.09. The minimum absolute atomic E-state index is 0.272. The minimum atomic E-state index is 0.272. The molecule has 0 amide bonds. The summed E-state index contributed by atoms with van der Waals surface area (Å²) < 4.78 is 11.0. The Bertz CT molecular complexity index is 846. The highest BCUT2D eigenvalue weighted by Crippen LogP contribution is 2.28. The van der Waals surface area contributed by atoms with Crippen LogP contribution in [0.1, 0.15) is 18.9 Å². The van der Waals surface area contributed by atoms with Crippen LogP contribution in [0.4, 0.5) is 5.82 Å². The summed E-state index contributed by atoms with van der Waals surface area (Å²) in [5.74, 6) is 3.08. The molecule has 3 rings (SSSR count). The van der Waals surface area contributed by atoms with Gasteiger partial charge in [-0.05, 0) is 43.2 Å². The number of hydrogen-bond acceptors (Lipinski definition) is 5. The van der Waals surface area contributed by atoms with E-state index in [9.17, 15) is 0 Å². The average Bonchev–Trinajstić information content (AvgIpc) is 3.20. The van der Waals surface area contributed by atoms with Gasteiger partial charge in [-0.3, -0.25) is 4.99 Å². The van der Waals surface area contributed by atoms with Crippen molar-refractivity contribution in [2.75, 3.05) is 38.8 Å². The van der Waals surface area contributed by atoms with E-state index in [4.69, 9.17) is 21.1 Å². The van der Waals surface area contributed by atoms with Gasteiger partial charge in [-0.15, -0.1) is 0 Å². The van der Waals surface area contributed by atoms with Crippen LogP contribution in [0.15, 0.2) is 41.5 Å². The molecule has 1 aromatic heterocycles. The molecule has 29 heavy (non-hydrogen) atoms. The maximum absolute atomic E-state index is 6.28. The minimum Gasteiger partial charge on any atom is -0.493 e. The van der Waals surface area contributed by atoms with Gasteiger partial charge < -0.3 is 25.0 Å². The van der Waals surface area contributed by atoms with Gasteiger partial charge in [0.25, 0.3) is 0 Å². The Morgan fingerprint density at radius 2 is 2.21 bits per heavy atom. The lowest BCUT2D eigenvalue weighted by Crippen LogP contribution is -2.44. The molecule has 2 heterocycles. The second-order valence-corrected chi connectivity index (χ2v) is 7.14. The Hall–Kier alpha value is -2.67. The highest BCUT2D eigenvalue weighted by molar-refractivity contribution is 6.32. The maximum atomic E-state index is 6.28. The van der Waals surface area contributed by atoms with Gasteiger partial charge in [0, 0.05) is 38.9 Å². The van der Waals surface area contributed by atoms with Crippen molar-refractivity contribution in [1.29, 1.82) is 0 Å². The third-order valence-corrected chi connectivity index (χ3v) is 5.07. The highest BCUT2D eigenvalue weighted by atomic mass is 35.5. The fourth-order valence-electron chi connectivity index (χ4n) is 3.35. The standard InChI is InChI=1S/C21H28ClN5O2/c1-4-29-18-8-7-15(12-19(18)28-3)13-25-21(23-2)26-16-9-11-27(14-16)20-17(22)6-5-10-24-20/h5-8,10,12,16H,4,9,11,13-14H2,1-3H3,(H2,23,25,26). The number of nitrogens with one attached hydrogen (secondary N) is 2. The molecule has 1 aliphatic heterocycles. The van der Waals surface area contributed by atoms with Crippen molar-refractivity contribution in [2.45, 2.75) is 25.9 Å². The summed E-state index contributed by atoms with van der Waals surface area (Å²) in [5.41, 5.74) is 1.08. The van der Waals surface area contributed by atoms with Crippen LogP contribution in [0.3, 0.4) is 0 Å². The number of halogens is 1. The van der Waals surface area contributed by atoms with Gasteiger partial charge in [0.15, 0.2) is 17.5 Å². The molecule has 1 fully saturated rings. The van der Waals surface area contributed by atoms with Gasteiger partial charge in [0.05, 0.1) is 18.7 Å². The van der Waals surface area contributed by atoms with Crippen molar-refractivity contribution < 1.29 is 9.47 Å². The van der Waals surface area contributed by atoms with Crippen LogP contribution < -0.4 is 25.0 Å². The van der Waals surface area contributed by atoms with Crippen LogP contribution >= 0.6 is 11.6 Å². The van der Waals surface area contributed by atoms with E-state index in [1.165, 1.54) is 0 Å². The van der Waals surface area contributed by atoms with Crippen molar-refractivity contribution in [1.82, 2.24) is 15.6 Å². The van der Waals surface area contributed by atoms with Crippen molar-refractivity contribution in [2.24, 2.45) is 4.99 Å².